The molecule has 9 nitrogen and oxygen atoms in total. The summed E-state index contributed by atoms with van der Waals surface area (Å²) < 4.78 is 52.3. The Bertz CT molecular complexity index is 2000. The van der Waals surface area contributed by atoms with Crippen LogP contribution in [0, 0.1) is 6.92 Å². The molecule has 0 N–H and O–H groups in total. The lowest BCUT2D eigenvalue weighted by molar-refractivity contribution is -0.137. The van der Waals surface area contributed by atoms with Gasteiger partial charge in [0.25, 0.3) is 11.8 Å². The maximum atomic E-state index is 13.6. The average molecular weight is 686 g/mol. The molecular weight excluding hydrogens is 647 g/mol. The van der Waals surface area contributed by atoms with Crippen molar-refractivity contribution in [2.75, 3.05) is 44.7 Å². The number of amides is 2. The highest BCUT2D eigenvalue weighted by Gasteiger charge is 2.30. The number of carbonyl (C=O) groups excluding carboxylic acids is 2. The number of alkyl halides is 3. The molecule has 0 bridgehead atoms. The van der Waals surface area contributed by atoms with E-state index >= 15 is 0 Å². The van der Waals surface area contributed by atoms with Gasteiger partial charge < -0.3 is 23.8 Å². The summed E-state index contributed by atoms with van der Waals surface area (Å²) in [7, 11) is 3.42. The van der Waals surface area contributed by atoms with Crippen molar-refractivity contribution in [1.82, 2.24) is 19.4 Å². The maximum Gasteiger partial charge on any atom is 0.416 e. The molecule has 0 saturated carbocycles. The molecule has 2 amide bonds. The molecule has 12 heteroatoms. The largest absolute Gasteiger partial charge is 0.494 e. The van der Waals surface area contributed by atoms with E-state index in [1.807, 2.05) is 59.8 Å². The number of aromatic nitrogens is 2. The van der Waals surface area contributed by atoms with Crippen LogP contribution in [0.1, 0.15) is 44.5 Å². The molecule has 0 radical (unpaired) electrons. The minimum absolute atomic E-state index is 0.0188. The van der Waals surface area contributed by atoms with Gasteiger partial charge in [0.15, 0.2) is 0 Å². The zero-order valence-corrected chi connectivity index (χ0v) is 28.3. The Morgan fingerprint density at radius 2 is 1.58 bits per heavy atom. The highest BCUT2D eigenvalue weighted by Crippen LogP contribution is 2.31. The molecule has 0 spiro atoms. The van der Waals surface area contributed by atoms with Crippen LogP contribution in [-0.2, 0) is 19.8 Å². The number of piperazine rings is 1. The molecule has 3 aromatic carbocycles. The van der Waals surface area contributed by atoms with E-state index in [-0.39, 0.29) is 11.5 Å². The van der Waals surface area contributed by atoms with Crippen molar-refractivity contribution >= 4 is 28.4 Å². The third-order valence-corrected chi connectivity index (χ3v) is 8.94. The van der Waals surface area contributed by atoms with Crippen LogP contribution in [0.5, 0.6) is 17.4 Å². The topological polar surface area (TPSA) is 80.1 Å². The summed E-state index contributed by atoms with van der Waals surface area (Å²) in [5.41, 5.74) is 3.16. The Kier molecular flexibility index (Phi) is 9.83. The predicted octanol–water partition coefficient (Wildman–Crippen LogP) is 7.33. The first-order chi connectivity index (χ1) is 23.9. The standard InChI is InChI=1S/C38H38F3N5O4/c1-5-49-30-12-6-26(7-13-30)24-45-16-18-46(19-17-45)37(48)33-22-28-21-31(14-15-32(28)43(33)3)50-35-20-25(2)34(23-42-35)44(4)36(47)27-8-10-29(11-9-27)38(39,40)41/h6-15,20-23H,5,16-19,24H2,1-4H3. The van der Waals surface area contributed by atoms with Crippen LogP contribution in [0.2, 0.25) is 0 Å². The molecule has 0 aliphatic carbocycles. The molecule has 6 rings (SSSR count). The van der Waals surface area contributed by atoms with Gasteiger partial charge in [-0.05, 0) is 85.6 Å². The molecule has 260 valence electrons. The molecule has 0 unspecified atom stereocenters. The lowest BCUT2D eigenvalue weighted by atomic mass is 10.1. The summed E-state index contributed by atoms with van der Waals surface area (Å²) in [4.78, 5) is 36.6. The van der Waals surface area contributed by atoms with Crippen molar-refractivity contribution in [2.45, 2.75) is 26.6 Å². The summed E-state index contributed by atoms with van der Waals surface area (Å²) in [6, 6.07) is 21.4. The van der Waals surface area contributed by atoms with Crippen LogP contribution in [0.3, 0.4) is 0 Å². The van der Waals surface area contributed by atoms with Crippen LogP contribution in [-0.4, -0.2) is 71.0 Å². The van der Waals surface area contributed by atoms with Crippen molar-refractivity contribution in [3.05, 3.63) is 113 Å². The average Bonchev–Trinajstić information content (AvgIpc) is 3.43. The highest BCUT2D eigenvalue weighted by molar-refractivity contribution is 6.06. The molecule has 5 aromatic rings. The Labute approximate surface area is 288 Å². The van der Waals surface area contributed by atoms with Crippen molar-refractivity contribution in [2.24, 2.45) is 7.05 Å². The predicted molar refractivity (Wildman–Crippen MR) is 185 cm³/mol. The van der Waals surface area contributed by atoms with Gasteiger partial charge in [-0.2, -0.15) is 13.2 Å². The van der Waals surface area contributed by atoms with Crippen LogP contribution in [0.4, 0.5) is 18.9 Å². The number of fused-ring (bicyclic) bond motifs is 1. The number of ether oxygens (including phenoxy) is 2. The minimum atomic E-state index is -4.48. The van der Waals surface area contributed by atoms with Gasteiger partial charge in [0.05, 0.1) is 24.1 Å². The zero-order valence-electron chi connectivity index (χ0n) is 28.3. The van der Waals surface area contributed by atoms with Gasteiger partial charge in [-0.25, -0.2) is 4.98 Å². The van der Waals surface area contributed by atoms with Crippen LogP contribution in [0.15, 0.2) is 85.1 Å². The fourth-order valence-corrected chi connectivity index (χ4v) is 6.14. The number of carbonyl (C=O) groups is 2. The highest BCUT2D eigenvalue weighted by atomic mass is 19.4. The van der Waals surface area contributed by atoms with Gasteiger partial charge in [-0.3, -0.25) is 14.5 Å². The summed E-state index contributed by atoms with van der Waals surface area (Å²) in [5, 5.41) is 0.845. The first kappa shape index (κ1) is 34.5. The monoisotopic (exact) mass is 685 g/mol. The van der Waals surface area contributed by atoms with E-state index in [1.54, 1.807) is 13.0 Å². The van der Waals surface area contributed by atoms with Crippen molar-refractivity contribution in [3.8, 4) is 17.4 Å². The van der Waals surface area contributed by atoms with Crippen LogP contribution in [0.25, 0.3) is 10.9 Å². The molecule has 1 aliphatic heterocycles. The second kappa shape index (κ2) is 14.2. The fraction of sp³-hybridized carbons (Fsp3) is 0.289. The lowest BCUT2D eigenvalue weighted by Crippen LogP contribution is -2.48. The SMILES string of the molecule is CCOc1ccc(CN2CCN(C(=O)c3cc4cc(Oc5cc(C)c(N(C)C(=O)c6ccc(C(F)(F)F)cc6)cn5)ccc4n3C)CC2)cc1. The Morgan fingerprint density at radius 3 is 2.22 bits per heavy atom. The van der Waals surface area contributed by atoms with Crippen LogP contribution >= 0.6 is 0 Å². The number of nitrogens with zero attached hydrogens (tertiary/aromatic N) is 5. The first-order valence-electron chi connectivity index (χ1n) is 16.3. The number of benzene rings is 3. The van der Waals surface area contributed by atoms with Gasteiger partial charge in [-0.1, -0.05) is 12.1 Å². The number of rotatable bonds is 9. The number of aryl methyl sites for hydroxylation is 2. The van der Waals surface area contributed by atoms with E-state index in [2.05, 4.69) is 22.0 Å². The van der Waals surface area contributed by atoms with E-state index in [9.17, 15) is 22.8 Å². The molecule has 3 heterocycles. The quantitative estimate of drug-likeness (QED) is 0.162. The normalized spacial score (nSPS) is 13.8. The molecule has 1 saturated heterocycles. The van der Waals surface area contributed by atoms with E-state index in [1.165, 1.54) is 23.7 Å². The summed E-state index contributed by atoms with van der Waals surface area (Å²) >= 11 is 0. The second-order valence-corrected chi connectivity index (χ2v) is 12.3. The van der Waals surface area contributed by atoms with E-state index < -0.39 is 17.6 Å². The molecule has 50 heavy (non-hydrogen) atoms. The molecule has 0 atom stereocenters. The zero-order chi connectivity index (χ0) is 35.6. The number of halogens is 3. The molecule has 1 fully saturated rings. The summed E-state index contributed by atoms with van der Waals surface area (Å²) in [6.45, 7) is 8.05. The first-order valence-corrected chi connectivity index (χ1v) is 16.3. The van der Waals surface area contributed by atoms with Gasteiger partial charge >= 0.3 is 6.18 Å². The smallest absolute Gasteiger partial charge is 0.416 e. The van der Waals surface area contributed by atoms with E-state index in [4.69, 9.17) is 9.47 Å². The van der Waals surface area contributed by atoms with Gasteiger partial charge in [-0.15, -0.1) is 0 Å². The number of pyridine rings is 1. The van der Waals surface area contributed by atoms with E-state index in [0.717, 1.165) is 60.6 Å². The third-order valence-electron chi connectivity index (χ3n) is 8.94. The van der Waals surface area contributed by atoms with Crippen LogP contribution < -0.4 is 14.4 Å². The summed E-state index contributed by atoms with van der Waals surface area (Å²) in [5.74, 6) is 1.20. The maximum absolute atomic E-state index is 13.6. The van der Waals surface area contributed by atoms with Crippen molar-refractivity contribution in [3.63, 3.8) is 0 Å². The van der Waals surface area contributed by atoms with Gasteiger partial charge in [0.1, 0.15) is 17.2 Å². The fourth-order valence-electron chi connectivity index (χ4n) is 6.14. The number of anilines is 1. The number of hydrogen-bond donors (Lipinski definition) is 0. The third kappa shape index (κ3) is 7.45. The Morgan fingerprint density at radius 1 is 0.900 bits per heavy atom. The van der Waals surface area contributed by atoms with E-state index in [0.29, 0.717) is 48.3 Å². The van der Waals surface area contributed by atoms with Gasteiger partial charge in [0, 0.05) is 69.4 Å². The summed E-state index contributed by atoms with van der Waals surface area (Å²) in [6.07, 6.45) is -2.99. The second-order valence-electron chi connectivity index (χ2n) is 12.3. The lowest BCUT2D eigenvalue weighted by Gasteiger charge is -2.34. The molecular formula is C38H38F3N5O4. The minimum Gasteiger partial charge on any atom is -0.494 e. The Hall–Kier alpha value is -5.36. The molecule has 2 aromatic heterocycles. The molecule has 1 aliphatic rings. The van der Waals surface area contributed by atoms with Crippen molar-refractivity contribution in [1.29, 1.82) is 0 Å². The van der Waals surface area contributed by atoms with Gasteiger partial charge in [0.2, 0.25) is 5.88 Å². The van der Waals surface area contributed by atoms with Crippen molar-refractivity contribution < 1.29 is 32.2 Å². The number of hydrogen-bond acceptors (Lipinski definition) is 6. The Balaban J connectivity index is 1.08.